The molecule has 1 heterocycles. The summed E-state index contributed by atoms with van der Waals surface area (Å²) in [5.41, 5.74) is 7.78. The highest BCUT2D eigenvalue weighted by atomic mass is 32.1. The summed E-state index contributed by atoms with van der Waals surface area (Å²) in [6.07, 6.45) is 0. The first-order valence-corrected chi connectivity index (χ1v) is 5.19. The molecule has 0 spiro atoms. The Morgan fingerprint density at radius 2 is 2.27 bits per heavy atom. The molecule has 0 amide bonds. The van der Waals surface area contributed by atoms with E-state index >= 15 is 0 Å². The van der Waals surface area contributed by atoms with E-state index in [1.54, 1.807) is 0 Å². The number of nitrogen functional groups attached to an aromatic ring is 1. The van der Waals surface area contributed by atoms with Crippen molar-refractivity contribution >= 4 is 32.7 Å². The summed E-state index contributed by atoms with van der Waals surface area (Å²) in [4.78, 5) is 15.7. The zero-order chi connectivity index (χ0) is 11.0. The topological polar surface area (TPSA) is 65.2 Å². The molecule has 2 N–H and O–H groups in total. The fourth-order valence-electron chi connectivity index (χ4n) is 1.46. The number of hydrogen-bond donors (Lipinski definition) is 1. The van der Waals surface area contributed by atoms with Crippen molar-refractivity contribution in [2.45, 2.75) is 6.92 Å². The van der Waals surface area contributed by atoms with Gasteiger partial charge in [-0.2, -0.15) is 0 Å². The van der Waals surface area contributed by atoms with E-state index < -0.39 is 0 Å². The minimum atomic E-state index is -0.346. The van der Waals surface area contributed by atoms with E-state index in [9.17, 15) is 4.79 Å². The molecule has 0 unspecified atom stereocenters. The lowest BCUT2D eigenvalue weighted by Crippen LogP contribution is -2.03. The van der Waals surface area contributed by atoms with Gasteiger partial charge in [-0.25, -0.2) is 9.78 Å². The molecule has 1 aromatic heterocycles. The number of nitrogens with two attached hydrogens (primary N) is 1. The van der Waals surface area contributed by atoms with Gasteiger partial charge in [-0.3, -0.25) is 0 Å². The Bertz CT molecular complexity index is 533. The van der Waals surface area contributed by atoms with Gasteiger partial charge in [0.2, 0.25) is 0 Å². The SMILES string of the molecule is COC(=O)c1c(C)ccc2nc(N)sc12. The maximum atomic E-state index is 11.6. The average Bonchev–Trinajstić information content (AvgIpc) is 2.57. The monoisotopic (exact) mass is 222 g/mol. The van der Waals surface area contributed by atoms with Crippen LogP contribution in [0.25, 0.3) is 10.2 Å². The molecule has 2 aromatic rings. The second-order valence-electron chi connectivity index (χ2n) is 3.15. The Balaban J connectivity index is 2.78. The molecule has 0 fully saturated rings. The quantitative estimate of drug-likeness (QED) is 0.749. The fourth-order valence-corrected chi connectivity index (χ4v) is 2.38. The van der Waals surface area contributed by atoms with Crippen molar-refractivity contribution in [3.63, 3.8) is 0 Å². The third-order valence-corrected chi connectivity index (χ3v) is 3.09. The molecule has 0 radical (unpaired) electrons. The summed E-state index contributed by atoms with van der Waals surface area (Å²) >= 11 is 1.30. The summed E-state index contributed by atoms with van der Waals surface area (Å²) in [5.74, 6) is -0.346. The highest BCUT2D eigenvalue weighted by Crippen LogP contribution is 2.29. The molecule has 0 aliphatic rings. The number of thiazole rings is 1. The maximum absolute atomic E-state index is 11.6. The molecular weight excluding hydrogens is 212 g/mol. The van der Waals surface area contributed by atoms with Gasteiger partial charge in [0.25, 0.3) is 0 Å². The fraction of sp³-hybridized carbons (Fsp3) is 0.200. The van der Waals surface area contributed by atoms with Gasteiger partial charge in [0, 0.05) is 0 Å². The van der Waals surface area contributed by atoms with E-state index in [0.29, 0.717) is 10.7 Å². The first-order chi connectivity index (χ1) is 7.13. The van der Waals surface area contributed by atoms with Crippen molar-refractivity contribution in [3.8, 4) is 0 Å². The molecule has 0 bridgehead atoms. The average molecular weight is 222 g/mol. The molecule has 5 heteroatoms. The molecule has 0 saturated heterocycles. The lowest BCUT2D eigenvalue weighted by atomic mass is 10.1. The van der Waals surface area contributed by atoms with Crippen molar-refractivity contribution in [1.29, 1.82) is 0 Å². The number of methoxy groups -OCH3 is 1. The number of carbonyl (C=O) groups excluding carboxylic acids is 1. The highest BCUT2D eigenvalue weighted by Gasteiger charge is 2.16. The van der Waals surface area contributed by atoms with E-state index in [1.165, 1.54) is 18.4 Å². The molecule has 1 aromatic carbocycles. The zero-order valence-corrected chi connectivity index (χ0v) is 9.22. The van der Waals surface area contributed by atoms with Crippen LogP contribution in [-0.2, 0) is 4.74 Å². The van der Waals surface area contributed by atoms with Crippen LogP contribution in [0.4, 0.5) is 5.13 Å². The van der Waals surface area contributed by atoms with Crippen LogP contribution in [0.3, 0.4) is 0 Å². The first-order valence-electron chi connectivity index (χ1n) is 4.37. The number of ether oxygens (including phenoxy) is 1. The van der Waals surface area contributed by atoms with E-state index in [4.69, 9.17) is 10.5 Å². The van der Waals surface area contributed by atoms with Crippen LogP contribution >= 0.6 is 11.3 Å². The lowest BCUT2D eigenvalue weighted by molar-refractivity contribution is 0.0602. The number of benzene rings is 1. The first kappa shape index (κ1) is 9.92. The van der Waals surface area contributed by atoms with Crippen molar-refractivity contribution in [1.82, 2.24) is 4.98 Å². The van der Waals surface area contributed by atoms with Gasteiger partial charge in [0.1, 0.15) is 0 Å². The largest absolute Gasteiger partial charge is 0.465 e. The summed E-state index contributed by atoms with van der Waals surface area (Å²) in [6.45, 7) is 1.86. The molecular formula is C10H10N2O2S. The minimum absolute atomic E-state index is 0.346. The Morgan fingerprint density at radius 3 is 2.93 bits per heavy atom. The summed E-state index contributed by atoms with van der Waals surface area (Å²) in [5, 5.41) is 0.459. The van der Waals surface area contributed by atoms with Crippen LogP contribution in [0.15, 0.2) is 12.1 Å². The van der Waals surface area contributed by atoms with Crippen LogP contribution in [0.5, 0.6) is 0 Å². The Hall–Kier alpha value is -1.62. The molecule has 78 valence electrons. The van der Waals surface area contributed by atoms with E-state index in [-0.39, 0.29) is 5.97 Å². The van der Waals surface area contributed by atoms with E-state index in [1.807, 2.05) is 19.1 Å². The standard InChI is InChI=1S/C10H10N2O2S/c1-5-3-4-6-8(15-10(11)12-6)7(5)9(13)14-2/h3-4H,1-2H3,(H2,11,12). The smallest absolute Gasteiger partial charge is 0.339 e. The van der Waals surface area contributed by atoms with Gasteiger partial charge in [-0.05, 0) is 18.6 Å². The second kappa shape index (κ2) is 3.51. The number of hydrogen-bond acceptors (Lipinski definition) is 5. The van der Waals surface area contributed by atoms with Crippen molar-refractivity contribution in [2.75, 3.05) is 12.8 Å². The van der Waals surface area contributed by atoms with Gasteiger partial charge in [0.15, 0.2) is 5.13 Å². The van der Waals surface area contributed by atoms with E-state index in [2.05, 4.69) is 4.98 Å². The van der Waals surface area contributed by atoms with Gasteiger partial charge < -0.3 is 10.5 Å². The number of rotatable bonds is 1. The van der Waals surface area contributed by atoms with Crippen LogP contribution < -0.4 is 5.73 Å². The molecule has 0 saturated carbocycles. The highest BCUT2D eigenvalue weighted by molar-refractivity contribution is 7.22. The van der Waals surface area contributed by atoms with Crippen molar-refractivity contribution < 1.29 is 9.53 Å². The number of carbonyl (C=O) groups is 1. The van der Waals surface area contributed by atoms with Crippen LogP contribution in [0, 0.1) is 6.92 Å². The Morgan fingerprint density at radius 1 is 1.53 bits per heavy atom. The predicted molar refractivity (Wildman–Crippen MR) is 60.1 cm³/mol. The van der Waals surface area contributed by atoms with Crippen LogP contribution in [-0.4, -0.2) is 18.1 Å². The molecule has 0 aliphatic carbocycles. The molecule has 15 heavy (non-hydrogen) atoms. The maximum Gasteiger partial charge on any atom is 0.339 e. The minimum Gasteiger partial charge on any atom is -0.465 e. The predicted octanol–water partition coefficient (Wildman–Crippen LogP) is 1.97. The number of aryl methyl sites for hydroxylation is 1. The Labute approximate surface area is 90.7 Å². The number of esters is 1. The Kier molecular flexibility index (Phi) is 2.32. The number of fused-ring (bicyclic) bond motifs is 1. The number of anilines is 1. The van der Waals surface area contributed by atoms with Crippen molar-refractivity contribution in [3.05, 3.63) is 23.3 Å². The zero-order valence-electron chi connectivity index (χ0n) is 8.40. The van der Waals surface area contributed by atoms with Gasteiger partial charge in [0.05, 0.1) is 22.9 Å². The molecule has 0 aliphatic heterocycles. The summed E-state index contributed by atoms with van der Waals surface area (Å²) in [7, 11) is 1.37. The third-order valence-electron chi connectivity index (χ3n) is 2.17. The molecule has 2 rings (SSSR count). The van der Waals surface area contributed by atoms with Gasteiger partial charge in [-0.15, -0.1) is 0 Å². The molecule has 4 nitrogen and oxygen atoms in total. The number of nitrogens with zero attached hydrogens (tertiary/aromatic N) is 1. The normalized spacial score (nSPS) is 10.5. The lowest BCUT2D eigenvalue weighted by Gasteiger charge is -2.03. The summed E-state index contributed by atoms with van der Waals surface area (Å²) < 4.78 is 5.52. The number of aromatic nitrogens is 1. The third kappa shape index (κ3) is 1.55. The van der Waals surface area contributed by atoms with Gasteiger partial charge >= 0.3 is 5.97 Å². The van der Waals surface area contributed by atoms with Crippen LogP contribution in [0.2, 0.25) is 0 Å². The van der Waals surface area contributed by atoms with E-state index in [0.717, 1.165) is 15.8 Å². The summed E-state index contributed by atoms with van der Waals surface area (Å²) in [6, 6.07) is 3.69. The second-order valence-corrected chi connectivity index (χ2v) is 4.18. The van der Waals surface area contributed by atoms with Gasteiger partial charge in [-0.1, -0.05) is 17.4 Å². The molecule has 0 atom stereocenters. The van der Waals surface area contributed by atoms with Crippen molar-refractivity contribution in [2.24, 2.45) is 0 Å². The van der Waals surface area contributed by atoms with Crippen LogP contribution in [0.1, 0.15) is 15.9 Å².